The van der Waals surface area contributed by atoms with Gasteiger partial charge in [0.1, 0.15) is 28.4 Å². The molecule has 9 heteroatoms. The third kappa shape index (κ3) is 3.18. The first-order valence-corrected chi connectivity index (χ1v) is 7.93. The van der Waals surface area contributed by atoms with Gasteiger partial charge in [0, 0.05) is 11.1 Å². The molecule has 2 aromatic carbocycles. The summed E-state index contributed by atoms with van der Waals surface area (Å²) in [5.74, 6) is -5.02. The highest BCUT2D eigenvalue weighted by Crippen LogP contribution is 2.43. The van der Waals surface area contributed by atoms with Gasteiger partial charge in [-0.2, -0.15) is 0 Å². The first kappa shape index (κ1) is 20.6. The second-order valence-electron chi connectivity index (χ2n) is 6.00. The van der Waals surface area contributed by atoms with Gasteiger partial charge in [-0.3, -0.25) is 4.79 Å². The van der Waals surface area contributed by atoms with Gasteiger partial charge in [-0.1, -0.05) is 0 Å². The van der Waals surface area contributed by atoms with Crippen LogP contribution in [-0.4, -0.2) is 45.8 Å². The Bertz CT molecular complexity index is 1010. The molecule has 0 aliphatic rings. The minimum atomic E-state index is -1.48. The number of carboxylic acids is 1. The standard InChI is InChI=1S/C19H18O9/c1-7-5-11(27-4)10(6-20)16(23)12(7)19(26)28-17-8(2)13(18(24)25)14(21)9(3)15(17)22/h5-6,21-23H,1-4H3,(H,24,25). The minimum absolute atomic E-state index is 0.0502. The van der Waals surface area contributed by atoms with Crippen LogP contribution in [0.2, 0.25) is 0 Å². The minimum Gasteiger partial charge on any atom is -0.507 e. The molecule has 9 nitrogen and oxygen atoms in total. The molecule has 2 rings (SSSR count). The smallest absolute Gasteiger partial charge is 0.347 e. The molecular formula is C19H18O9. The normalized spacial score (nSPS) is 10.4. The SMILES string of the molecule is COc1cc(C)c(C(=O)Oc2c(C)c(C(=O)O)c(O)c(C)c2O)c(O)c1C=O. The van der Waals surface area contributed by atoms with Gasteiger partial charge >= 0.3 is 11.9 Å². The van der Waals surface area contributed by atoms with Crippen molar-refractivity contribution in [3.8, 4) is 28.7 Å². The number of hydrogen-bond acceptors (Lipinski definition) is 8. The maximum atomic E-state index is 12.6. The lowest BCUT2D eigenvalue weighted by molar-refractivity contribution is 0.0679. The van der Waals surface area contributed by atoms with E-state index in [1.165, 1.54) is 33.9 Å². The number of phenols is 3. The fourth-order valence-electron chi connectivity index (χ4n) is 2.79. The molecule has 0 saturated carbocycles. The van der Waals surface area contributed by atoms with Gasteiger partial charge in [0.25, 0.3) is 0 Å². The van der Waals surface area contributed by atoms with Gasteiger partial charge in [-0.15, -0.1) is 0 Å². The molecule has 0 saturated heterocycles. The molecule has 0 spiro atoms. The Morgan fingerprint density at radius 2 is 1.57 bits per heavy atom. The van der Waals surface area contributed by atoms with E-state index in [2.05, 4.69) is 0 Å². The number of phenolic OH excluding ortho intramolecular Hbond substituents is 2. The number of aromatic carboxylic acids is 1. The summed E-state index contributed by atoms with van der Waals surface area (Å²) in [6.45, 7) is 3.95. The molecule has 28 heavy (non-hydrogen) atoms. The van der Waals surface area contributed by atoms with Crippen molar-refractivity contribution in [3.63, 3.8) is 0 Å². The van der Waals surface area contributed by atoms with Gasteiger partial charge in [0.15, 0.2) is 17.8 Å². The van der Waals surface area contributed by atoms with Crippen LogP contribution in [0.15, 0.2) is 6.07 Å². The van der Waals surface area contributed by atoms with Crippen molar-refractivity contribution < 1.29 is 44.3 Å². The van der Waals surface area contributed by atoms with E-state index >= 15 is 0 Å². The summed E-state index contributed by atoms with van der Waals surface area (Å²) < 4.78 is 10.1. The number of esters is 1. The van der Waals surface area contributed by atoms with Crippen molar-refractivity contribution >= 4 is 18.2 Å². The fourth-order valence-corrected chi connectivity index (χ4v) is 2.79. The van der Waals surface area contributed by atoms with Gasteiger partial charge < -0.3 is 29.9 Å². The van der Waals surface area contributed by atoms with Crippen molar-refractivity contribution in [2.75, 3.05) is 7.11 Å². The van der Waals surface area contributed by atoms with Crippen molar-refractivity contribution in [3.05, 3.63) is 39.4 Å². The van der Waals surface area contributed by atoms with Crippen molar-refractivity contribution in [1.82, 2.24) is 0 Å². The van der Waals surface area contributed by atoms with E-state index in [0.717, 1.165) is 0 Å². The molecule has 148 valence electrons. The summed E-state index contributed by atoms with van der Waals surface area (Å²) in [4.78, 5) is 35.3. The number of ether oxygens (including phenoxy) is 2. The zero-order chi connectivity index (χ0) is 21.3. The highest BCUT2D eigenvalue weighted by atomic mass is 16.5. The number of rotatable bonds is 5. The van der Waals surface area contributed by atoms with Crippen molar-refractivity contribution in [2.45, 2.75) is 20.8 Å². The predicted molar refractivity (Wildman–Crippen MR) is 95.9 cm³/mol. The summed E-state index contributed by atoms with van der Waals surface area (Å²) in [7, 11) is 1.28. The predicted octanol–water partition coefficient (Wildman–Crippen LogP) is 2.47. The highest BCUT2D eigenvalue weighted by molar-refractivity contribution is 6.01. The highest BCUT2D eigenvalue weighted by Gasteiger charge is 2.28. The van der Waals surface area contributed by atoms with Crippen LogP contribution >= 0.6 is 0 Å². The number of carbonyl (C=O) groups is 3. The molecule has 0 heterocycles. The maximum absolute atomic E-state index is 12.6. The lowest BCUT2D eigenvalue weighted by atomic mass is 10.0. The van der Waals surface area contributed by atoms with Crippen LogP contribution in [-0.2, 0) is 0 Å². The van der Waals surface area contributed by atoms with E-state index < -0.39 is 40.5 Å². The van der Waals surface area contributed by atoms with Crippen molar-refractivity contribution in [2.24, 2.45) is 0 Å². The number of aldehydes is 1. The Morgan fingerprint density at radius 1 is 0.964 bits per heavy atom. The van der Waals surface area contributed by atoms with E-state index in [1.54, 1.807) is 0 Å². The van der Waals surface area contributed by atoms with E-state index in [1.807, 2.05) is 0 Å². The Hall–Kier alpha value is -3.75. The molecule has 0 atom stereocenters. The summed E-state index contributed by atoms with van der Waals surface area (Å²) in [5.41, 5.74) is -1.34. The quantitative estimate of drug-likeness (QED) is 0.343. The van der Waals surface area contributed by atoms with Crippen LogP contribution in [0.1, 0.15) is 47.8 Å². The summed E-state index contributed by atoms with van der Waals surface area (Å²) in [6, 6.07) is 1.34. The maximum Gasteiger partial charge on any atom is 0.347 e. The van der Waals surface area contributed by atoms with E-state index in [4.69, 9.17) is 9.47 Å². The molecule has 0 aliphatic carbocycles. The Labute approximate surface area is 159 Å². The zero-order valence-electron chi connectivity index (χ0n) is 15.5. The number of carboxylic acid groups (broad SMARTS) is 1. The second-order valence-corrected chi connectivity index (χ2v) is 6.00. The molecule has 0 unspecified atom stereocenters. The van der Waals surface area contributed by atoms with Gasteiger partial charge in [0.2, 0.25) is 0 Å². The van der Waals surface area contributed by atoms with Gasteiger partial charge in [-0.25, -0.2) is 9.59 Å². The number of carbonyl (C=O) groups excluding carboxylic acids is 2. The molecule has 4 N–H and O–H groups in total. The van der Waals surface area contributed by atoms with E-state index in [9.17, 15) is 34.8 Å². The number of hydrogen-bond donors (Lipinski definition) is 4. The van der Waals surface area contributed by atoms with Crippen LogP contribution < -0.4 is 9.47 Å². The monoisotopic (exact) mass is 390 g/mol. The molecule has 0 amide bonds. The fraction of sp³-hybridized carbons (Fsp3) is 0.211. The Kier molecular flexibility index (Phi) is 5.49. The van der Waals surface area contributed by atoms with Gasteiger partial charge in [-0.05, 0) is 32.4 Å². The number of methoxy groups -OCH3 is 1. The van der Waals surface area contributed by atoms with Crippen LogP contribution in [0.3, 0.4) is 0 Å². The van der Waals surface area contributed by atoms with Crippen LogP contribution in [0, 0.1) is 20.8 Å². The average Bonchev–Trinajstić information content (AvgIpc) is 2.62. The molecule has 0 aromatic heterocycles. The summed E-state index contributed by atoms with van der Waals surface area (Å²) >= 11 is 0. The van der Waals surface area contributed by atoms with Gasteiger partial charge in [0.05, 0.1) is 12.7 Å². The molecule has 0 aliphatic heterocycles. The first-order chi connectivity index (χ1) is 13.1. The lowest BCUT2D eigenvalue weighted by Crippen LogP contribution is -2.14. The molecule has 2 aromatic rings. The van der Waals surface area contributed by atoms with Crippen molar-refractivity contribution in [1.29, 1.82) is 0 Å². The van der Waals surface area contributed by atoms with Crippen LogP contribution in [0.4, 0.5) is 0 Å². The molecule has 0 radical (unpaired) electrons. The van der Waals surface area contributed by atoms with E-state index in [0.29, 0.717) is 6.29 Å². The summed E-state index contributed by atoms with van der Waals surface area (Å²) in [6.07, 6.45) is 0.306. The number of aromatic hydroxyl groups is 3. The largest absolute Gasteiger partial charge is 0.507 e. The van der Waals surface area contributed by atoms with Crippen LogP contribution in [0.5, 0.6) is 28.7 Å². The number of benzene rings is 2. The molecular weight excluding hydrogens is 372 g/mol. The van der Waals surface area contributed by atoms with E-state index in [-0.39, 0.29) is 33.6 Å². The number of aryl methyl sites for hydroxylation is 1. The molecule has 0 fully saturated rings. The third-order valence-electron chi connectivity index (χ3n) is 4.33. The summed E-state index contributed by atoms with van der Waals surface area (Å²) in [5, 5.41) is 39.7. The Morgan fingerprint density at radius 3 is 2.07 bits per heavy atom. The Balaban J connectivity index is 2.64. The van der Waals surface area contributed by atoms with Crippen LogP contribution in [0.25, 0.3) is 0 Å². The zero-order valence-corrected chi connectivity index (χ0v) is 15.5. The first-order valence-electron chi connectivity index (χ1n) is 7.93. The molecule has 0 bridgehead atoms. The topological polar surface area (TPSA) is 151 Å². The second kappa shape index (κ2) is 7.47. The average molecular weight is 390 g/mol. The lowest BCUT2D eigenvalue weighted by Gasteiger charge is -2.17. The third-order valence-corrected chi connectivity index (χ3v) is 4.33.